The van der Waals surface area contributed by atoms with E-state index >= 15 is 0 Å². The molecule has 2 aromatic rings. The lowest BCUT2D eigenvalue weighted by atomic mass is 10.2. The number of piperazine rings is 1. The number of hydrogen-bond acceptors (Lipinski definition) is 5. The van der Waals surface area contributed by atoms with Crippen molar-refractivity contribution in [2.24, 2.45) is 0 Å². The fraction of sp³-hybridized carbons (Fsp3) is 0.450. The molecule has 3 rings (SSSR count). The summed E-state index contributed by atoms with van der Waals surface area (Å²) >= 11 is 0. The maximum atomic E-state index is 12.5. The molecule has 0 aromatic carbocycles. The topological polar surface area (TPSA) is 85.0 Å². The fourth-order valence-electron chi connectivity index (χ4n) is 3.38. The fourth-order valence-corrected chi connectivity index (χ4v) is 3.38. The van der Waals surface area contributed by atoms with Crippen molar-refractivity contribution in [2.45, 2.75) is 27.3 Å². The van der Waals surface area contributed by atoms with Gasteiger partial charge in [0, 0.05) is 44.5 Å². The summed E-state index contributed by atoms with van der Waals surface area (Å²) in [7, 11) is 0. The molecule has 0 bridgehead atoms. The van der Waals surface area contributed by atoms with Crippen molar-refractivity contribution in [1.29, 1.82) is 0 Å². The summed E-state index contributed by atoms with van der Waals surface area (Å²) in [5, 5.41) is 0. The van der Waals surface area contributed by atoms with Gasteiger partial charge in [-0.05, 0) is 32.0 Å². The van der Waals surface area contributed by atoms with Gasteiger partial charge in [0.1, 0.15) is 5.76 Å². The van der Waals surface area contributed by atoms with Crippen LogP contribution in [0.1, 0.15) is 34.4 Å². The molecule has 0 saturated carbocycles. The Balaban J connectivity index is 1.56. The van der Waals surface area contributed by atoms with Crippen LogP contribution in [0.25, 0.3) is 0 Å². The van der Waals surface area contributed by atoms with Crippen LogP contribution in [0.15, 0.2) is 28.9 Å². The second-order valence-electron chi connectivity index (χ2n) is 6.91. The molecule has 28 heavy (non-hydrogen) atoms. The molecule has 0 spiro atoms. The molecule has 0 aliphatic carbocycles. The summed E-state index contributed by atoms with van der Waals surface area (Å²) in [6.45, 7) is 7.40. The maximum absolute atomic E-state index is 12.5. The second kappa shape index (κ2) is 8.33. The lowest BCUT2D eigenvalue weighted by Crippen LogP contribution is -2.51. The summed E-state index contributed by atoms with van der Waals surface area (Å²) in [5.74, 6) is 0.0282. The van der Waals surface area contributed by atoms with Crippen LogP contribution >= 0.6 is 0 Å². The van der Waals surface area contributed by atoms with E-state index in [-0.39, 0.29) is 18.4 Å². The minimum absolute atomic E-state index is 0.00318. The van der Waals surface area contributed by atoms with E-state index in [1.54, 1.807) is 22.1 Å². The Morgan fingerprint density at radius 3 is 2.39 bits per heavy atom. The van der Waals surface area contributed by atoms with Crippen LogP contribution < -0.4 is 0 Å². The molecule has 2 aromatic heterocycles. The van der Waals surface area contributed by atoms with Crippen molar-refractivity contribution in [3.8, 4) is 0 Å². The molecule has 1 fully saturated rings. The highest BCUT2D eigenvalue weighted by Gasteiger charge is 2.24. The molecule has 0 radical (unpaired) electrons. The molecule has 1 aliphatic heterocycles. The molecule has 2 amide bonds. The third-order valence-corrected chi connectivity index (χ3v) is 5.09. The van der Waals surface area contributed by atoms with Crippen molar-refractivity contribution in [1.82, 2.24) is 14.4 Å². The number of ether oxygens (including phenoxy) is 1. The van der Waals surface area contributed by atoms with Gasteiger partial charge in [-0.25, -0.2) is 4.79 Å². The van der Waals surface area contributed by atoms with Gasteiger partial charge in [0.25, 0.3) is 5.91 Å². The predicted octanol–water partition coefficient (Wildman–Crippen LogP) is 1.59. The zero-order valence-electron chi connectivity index (χ0n) is 16.4. The molecular weight excluding hydrogens is 362 g/mol. The molecule has 8 nitrogen and oxygen atoms in total. The van der Waals surface area contributed by atoms with E-state index in [2.05, 4.69) is 0 Å². The number of aryl methyl sites for hydroxylation is 1. The van der Waals surface area contributed by atoms with E-state index in [1.807, 2.05) is 30.5 Å². The Hall–Kier alpha value is -3.03. The summed E-state index contributed by atoms with van der Waals surface area (Å²) < 4.78 is 12.6. The lowest BCUT2D eigenvalue weighted by Gasteiger charge is -2.34. The highest BCUT2D eigenvalue weighted by Crippen LogP contribution is 2.18. The number of aromatic nitrogens is 1. The molecule has 1 saturated heterocycles. The molecule has 8 heteroatoms. The van der Waals surface area contributed by atoms with Gasteiger partial charge in [0.2, 0.25) is 5.91 Å². The van der Waals surface area contributed by atoms with E-state index in [9.17, 15) is 14.4 Å². The van der Waals surface area contributed by atoms with Gasteiger partial charge in [0.15, 0.2) is 6.61 Å². The Kier molecular flexibility index (Phi) is 5.87. The average molecular weight is 387 g/mol. The van der Waals surface area contributed by atoms with Crippen LogP contribution in [-0.4, -0.2) is 64.9 Å². The number of nitrogens with zero attached hydrogens (tertiary/aromatic N) is 3. The number of hydrogen-bond donors (Lipinski definition) is 0. The number of carbonyl (C=O) groups excluding carboxylic acids is 3. The number of carbonyl (C=O) groups is 3. The van der Waals surface area contributed by atoms with Crippen molar-refractivity contribution >= 4 is 17.8 Å². The molecule has 0 unspecified atom stereocenters. The summed E-state index contributed by atoms with van der Waals surface area (Å²) in [6.07, 6.45) is 1.61. The van der Waals surface area contributed by atoms with Crippen LogP contribution in [0.5, 0.6) is 0 Å². The molecule has 150 valence electrons. The highest BCUT2D eigenvalue weighted by atomic mass is 16.5. The molecular formula is C20H25N3O5. The second-order valence-corrected chi connectivity index (χ2v) is 6.91. The van der Waals surface area contributed by atoms with Gasteiger partial charge < -0.3 is 23.5 Å². The number of furan rings is 1. The SMILES string of the molecule is CC(=O)N1CCN(C(=O)COC(=O)c2cc(C)n(Cc3ccco3)c2C)CC1. The van der Waals surface area contributed by atoms with E-state index in [0.717, 1.165) is 17.1 Å². The van der Waals surface area contributed by atoms with Crippen molar-refractivity contribution in [2.75, 3.05) is 32.8 Å². The summed E-state index contributed by atoms with van der Waals surface area (Å²) in [5.41, 5.74) is 2.12. The van der Waals surface area contributed by atoms with Crippen LogP contribution in [0.4, 0.5) is 0 Å². The Morgan fingerprint density at radius 1 is 1.11 bits per heavy atom. The van der Waals surface area contributed by atoms with Gasteiger partial charge >= 0.3 is 5.97 Å². The van der Waals surface area contributed by atoms with Crippen LogP contribution in [0.2, 0.25) is 0 Å². The monoisotopic (exact) mass is 387 g/mol. The summed E-state index contributed by atoms with van der Waals surface area (Å²) in [6, 6.07) is 5.46. The average Bonchev–Trinajstić information content (AvgIpc) is 3.29. The standard InChI is InChI=1S/C20H25N3O5/c1-14-11-18(15(2)23(14)12-17-5-4-10-27-17)20(26)28-13-19(25)22-8-6-21(7-9-22)16(3)24/h4-5,10-11H,6-9,12-13H2,1-3H3. The number of rotatable bonds is 5. The first kappa shape index (κ1) is 19.7. The summed E-state index contributed by atoms with van der Waals surface area (Å²) in [4.78, 5) is 39.5. The zero-order valence-corrected chi connectivity index (χ0v) is 16.4. The molecule has 1 aliphatic rings. The van der Waals surface area contributed by atoms with Gasteiger partial charge in [-0.3, -0.25) is 9.59 Å². The largest absolute Gasteiger partial charge is 0.467 e. The van der Waals surface area contributed by atoms with Crippen LogP contribution in [-0.2, 0) is 20.9 Å². The zero-order chi connectivity index (χ0) is 20.3. The van der Waals surface area contributed by atoms with Gasteiger partial charge in [-0.1, -0.05) is 0 Å². The predicted molar refractivity (Wildman–Crippen MR) is 101 cm³/mol. The van der Waals surface area contributed by atoms with E-state index in [1.165, 1.54) is 6.92 Å². The Labute approximate surface area is 163 Å². The van der Waals surface area contributed by atoms with Gasteiger partial charge in [0.05, 0.1) is 18.4 Å². The van der Waals surface area contributed by atoms with Crippen molar-refractivity contribution in [3.05, 3.63) is 47.2 Å². The van der Waals surface area contributed by atoms with E-state index in [0.29, 0.717) is 38.3 Å². The first-order valence-corrected chi connectivity index (χ1v) is 9.26. The van der Waals surface area contributed by atoms with Crippen LogP contribution in [0.3, 0.4) is 0 Å². The number of esters is 1. The normalized spacial score (nSPS) is 14.2. The quantitative estimate of drug-likeness (QED) is 0.728. The third kappa shape index (κ3) is 4.27. The Morgan fingerprint density at radius 2 is 1.79 bits per heavy atom. The minimum Gasteiger partial charge on any atom is -0.467 e. The first-order valence-electron chi connectivity index (χ1n) is 9.26. The third-order valence-electron chi connectivity index (χ3n) is 5.09. The van der Waals surface area contributed by atoms with E-state index in [4.69, 9.17) is 9.15 Å². The molecule has 0 atom stereocenters. The van der Waals surface area contributed by atoms with Gasteiger partial charge in [-0.15, -0.1) is 0 Å². The lowest BCUT2D eigenvalue weighted by molar-refractivity contribution is -0.140. The minimum atomic E-state index is -0.519. The van der Waals surface area contributed by atoms with Crippen molar-refractivity contribution in [3.63, 3.8) is 0 Å². The highest BCUT2D eigenvalue weighted by molar-refractivity contribution is 5.92. The molecule has 3 heterocycles. The van der Waals surface area contributed by atoms with E-state index < -0.39 is 5.97 Å². The Bertz CT molecular complexity index is 861. The number of amides is 2. The maximum Gasteiger partial charge on any atom is 0.340 e. The van der Waals surface area contributed by atoms with Crippen molar-refractivity contribution < 1.29 is 23.5 Å². The van der Waals surface area contributed by atoms with Crippen LogP contribution in [0, 0.1) is 13.8 Å². The first-order chi connectivity index (χ1) is 13.4. The smallest absolute Gasteiger partial charge is 0.340 e. The van der Waals surface area contributed by atoms with Gasteiger partial charge in [-0.2, -0.15) is 0 Å². The molecule has 0 N–H and O–H groups in total.